The molecule has 0 fully saturated rings. The first kappa shape index (κ1) is 20.4. The number of terminal acetylenes is 1. The number of nitrogens with zero attached hydrogens (tertiary/aromatic N) is 2. The first-order chi connectivity index (χ1) is 12.7. The molecule has 2 aromatic rings. The number of halogens is 2. The number of anilines is 1. The van der Waals surface area contributed by atoms with Gasteiger partial charge in [0.15, 0.2) is 6.73 Å². The minimum Gasteiger partial charge on any atom is -0.493 e. The van der Waals surface area contributed by atoms with Crippen LogP contribution in [0.2, 0.25) is 5.02 Å². The van der Waals surface area contributed by atoms with Crippen molar-refractivity contribution in [3.05, 3.63) is 45.7 Å². The molecule has 1 aromatic carbocycles. The summed E-state index contributed by atoms with van der Waals surface area (Å²) in [5, 5.41) is 12.8. The number of carbonyl (C=O) groups is 1. The van der Waals surface area contributed by atoms with Gasteiger partial charge in [0.05, 0.1) is 18.4 Å². The molecule has 0 radical (unpaired) electrons. The number of imidazole rings is 1. The van der Waals surface area contributed by atoms with Gasteiger partial charge in [-0.05, 0) is 24.1 Å². The number of hydrogen-bond acceptors (Lipinski definition) is 5. The predicted molar refractivity (Wildman–Crippen MR) is 98.9 cm³/mol. The Hall–Kier alpha value is -2.92. The van der Waals surface area contributed by atoms with Crippen molar-refractivity contribution >= 4 is 23.3 Å². The second-order valence-corrected chi connectivity index (χ2v) is 6.55. The van der Waals surface area contributed by atoms with Crippen molar-refractivity contribution in [2.45, 2.75) is 33.2 Å². The molecule has 0 saturated heterocycles. The number of aromatic nitrogens is 2. The maximum absolute atomic E-state index is 14.0. The van der Waals surface area contributed by atoms with Crippen molar-refractivity contribution in [3.63, 3.8) is 0 Å². The lowest BCUT2D eigenvalue weighted by atomic mass is 10.0. The van der Waals surface area contributed by atoms with Crippen LogP contribution in [0.3, 0.4) is 0 Å². The van der Waals surface area contributed by atoms with Gasteiger partial charge in [-0.3, -0.25) is 4.57 Å². The molecule has 2 N–H and O–H groups in total. The molecule has 7 nitrogen and oxygen atoms in total. The Kier molecular flexibility index (Phi) is 6.53. The SMILES string of the molecule is C#CCn1cc(O)n(COC(=O)C(Nc2ccc(Cl)cc2F)C(C)C)c1=O. The van der Waals surface area contributed by atoms with Crippen molar-refractivity contribution in [1.82, 2.24) is 9.13 Å². The van der Waals surface area contributed by atoms with Crippen LogP contribution in [-0.4, -0.2) is 26.3 Å². The van der Waals surface area contributed by atoms with Crippen LogP contribution in [0.25, 0.3) is 0 Å². The van der Waals surface area contributed by atoms with Gasteiger partial charge in [0.1, 0.15) is 11.9 Å². The van der Waals surface area contributed by atoms with Crippen LogP contribution < -0.4 is 11.0 Å². The number of esters is 1. The highest BCUT2D eigenvalue weighted by atomic mass is 35.5. The normalized spacial score (nSPS) is 11.9. The minimum absolute atomic E-state index is 0.0284. The summed E-state index contributed by atoms with van der Waals surface area (Å²) in [6.07, 6.45) is 6.30. The van der Waals surface area contributed by atoms with E-state index in [0.717, 1.165) is 21.4 Å². The summed E-state index contributed by atoms with van der Waals surface area (Å²) in [6.45, 7) is 2.97. The summed E-state index contributed by atoms with van der Waals surface area (Å²) in [5.41, 5.74) is -0.522. The summed E-state index contributed by atoms with van der Waals surface area (Å²) in [4.78, 5) is 24.5. The van der Waals surface area contributed by atoms with Crippen LogP contribution >= 0.6 is 11.6 Å². The fraction of sp³-hybridized carbons (Fsp3) is 0.333. The van der Waals surface area contributed by atoms with E-state index in [9.17, 15) is 19.1 Å². The first-order valence-corrected chi connectivity index (χ1v) is 8.43. The first-order valence-electron chi connectivity index (χ1n) is 8.05. The summed E-state index contributed by atoms with van der Waals surface area (Å²) in [6, 6.07) is 3.14. The van der Waals surface area contributed by atoms with Crippen LogP contribution in [-0.2, 0) is 22.8 Å². The summed E-state index contributed by atoms with van der Waals surface area (Å²) in [7, 11) is 0. The van der Waals surface area contributed by atoms with Gasteiger partial charge >= 0.3 is 11.7 Å². The van der Waals surface area contributed by atoms with Gasteiger partial charge in [0.25, 0.3) is 0 Å². The number of nitrogens with one attached hydrogen (secondary N) is 1. The van der Waals surface area contributed by atoms with Crippen molar-refractivity contribution in [2.24, 2.45) is 5.92 Å². The standard InChI is InChI=1S/C18H19ClFN3O4/c1-4-7-22-9-15(24)23(18(22)26)10-27-17(25)16(11(2)3)21-14-6-5-12(19)8-13(14)20/h1,5-6,8-9,11,16,21,24H,7,10H2,2-3H3. The third-order valence-electron chi connectivity index (χ3n) is 3.78. The van der Waals surface area contributed by atoms with E-state index in [2.05, 4.69) is 11.2 Å². The Balaban J connectivity index is 2.12. The van der Waals surface area contributed by atoms with Gasteiger partial charge in [0.2, 0.25) is 5.88 Å². The van der Waals surface area contributed by atoms with E-state index in [1.165, 1.54) is 12.1 Å². The molecule has 0 spiro atoms. The lowest BCUT2D eigenvalue weighted by Gasteiger charge is -2.22. The molecule has 1 heterocycles. The summed E-state index contributed by atoms with van der Waals surface area (Å²) in [5.74, 6) is 0.319. The average Bonchev–Trinajstić information content (AvgIpc) is 2.85. The lowest BCUT2D eigenvalue weighted by molar-refractivity contribution is -0.149. The number of carbonyl (C=O) groups excluding carboxylic acids is 1. The van der Waals surface area contributed by atoms with E-state index < -0.39 is 30.2 Å². The molecule has 0 amide bonds. The van der Waals surface area contributed by atoms with Gasteiger partial charge < -0.3 is 15.2 Å². The highest BCUT2D eigenvalue weighted by molar-refractivity contribution is 6.30. The van der Waals surface area contributed by atoms with E-state index >= 15 is 0 Å². The quantitative estimate of drug-likeness (QED) is 0.555. The smallest absolute Gasteiger partial charge is 0.334 e. The van der Waals surface area contributed by atoms with Crippen molar-refractivity contribution in [3.8, 4) is 18.2 Å². The van der Waals surface area contributed by atoms with E-state index in [1.54, 1.807) is 13.8 Å². The molecule has 1 unspecified atom stereocenters. The van der Waals surface area contributed by atoms with Crippen LogP contribution in [0.15, 0.2) is 29.2 Å². The van der Waals surface area contributed by atoms with E-state index in [1.807, 2.05) is 0 Å². The van der Waals surface area contributed by atoms with E-state index in [-0.39, 0.29) is 29.1 Å². The molecule has 0 bridgehead atoms. The largest absolute Gasteiger partial charge is 0.493 e. The number of ether oxygens (including phenoxy) is 1. The average molecular weight is 396 g/mol. The number of benzene rings is 1. The van der Waals surface area contributed by atoms with Crippen LogP contribution in [0.4, 0.5) is 10.1 Å². The fourth-order valence-corrected chi connectivity index (χ4v) is 2.50. The lowest BCUT2D eigenvalue weighted by Crippen LogP contribution is -2.37. The molecule has 1 atom stereocenters. The summed E-state index contributed by atoms with van der Waals surface area (Å²) >= 11 is 5.72. The summed E-state index contributed by atoms with van der Waals surface area (Å²) < 4.78 is 21.1. The van der Waals surface area contributed by atoms with Crippen molar-refractivity contribution < 1.29 is 19.0 Å². The van der Waals surface area contributed by atoms with Gasteiger partial charge in [-0.2, -0.15) is 0 Å². The fourth-order valence-electron chi connectivity index (χ4n) is 2.34. The zero-order valence-corrected chi connectivity index (χ0v) is 15.5. The maximum Gasteiger partial charge on any atom is 0.334 e. The highest BCUT2D eigenvalue weighted by Crippen LogP contribution is 2.21. The highest BCUT2D eigenvalue weighted by Gasteiger charge is 2.25. The number of rotatable bonds is 7. The second kappa shape index (κ2) is 8.64. The second-order valence-electron chi connectivity index (χ2n) is 6.11. The molecule has 0 aliphatic carbocycles. The zero-order valence-electron chi connectivity index (χ0n) is 14.8. The molecular formula is C18H19ClFN3O4. The monoisotopic (exact) mass is 395 g/mol. The van der Waals surface area contributed by atoms with Gasteiger partial charge in [0, 0.05) is 5.02 Å². The predicted octanol–water partition coefficient (Wildman–Crippen LogP) is 2.42. The van der Waals surface area contributed by atoms with Crippen LogP contribution in [0.5, 0.6) is 5.88 Å². The molecule has 0 aliphatic rings. The molecule has 27 heavy (non-hydrogen) atoms. The van der Waals surface area contributed by atoms with Gasteiger partial charge in [-0.15, -0.1) is 6.42 Å². The third-order valence-corrected chi connectivity index (χ3v) is 4.02. The Labute approximate surface area is 160 Å². The molecular weight excluding hydrogens is 377 g/mol. The van der Waals surface area contributed by atoms with Gasteiger partial charge in [-0.1, -0.05) is 31.4 Å². The molecule has 2 rings (SSSR count). The molecule has 9 heteroatoms. The Morgan fingerprint density at radius 1 is 1.48 bits per heavy atom. The maximum atomic E-state index is 14.0. The molecule has 1 aromatic heterocycles. The molecule has 144 valence electrons. The van der Waals surface area contributed by atoms with Crippen molar-refractivity contribution in [1.29, 1.82) is 0 Å². The molecule has 0 saturated carbocycles. The van der Waals surface area contributed by atoms with Crippen LogP contribution in [0.1, 0.15) is 13.8 Å². The Morgan fingerprint density at radius 3 is 2.78 bits per heavy atom. The van der Waals surface area contributed by atoms with E-state index in [0.29, 0.717) is 0 Å². The Morgan fingerprint density at radius 2 is 2.19 bits per heavy atom. The molecule has 0 aliphatic heterocycles. The number of hydrogen-bond donors (Lipinski definition) is 2. The topological polar surface area (TPSA) is 85.5 Å². The van der Waals surface area contributed by atoms with E-state index in [4.69, 9.17) is 22.8 Å². The van der Waals surface area contributed by atoms with Crippen LogP contribution in [0, 0.1) is 24.1 Å². The Bertz CT molecular complexity index is 930. The minimum atomic E-state index is -0.883. The third kappa shape index (κ3) is 4.83. The van der Waals surface area contributed by atoms with Gasteiger partial charge in [-0.25, -0.2) is 18.5 Å². The number of aromatic hydroxyl groups is 1. The zero-order chi connectivity index (χ0) is 20.1. The van der Waals surface area contributed by atoms with Crippen molar-refractivity contribution in [2.75, 3.05) is 5.32 Å².